The Balaban J connectivity index is 0.000000251. The van der Waals surface area contributed by atoms with Crippen molar-refractivity contribution in [3.05, 3.63) is 88.5 Å². The molecule has 0 nitrogen and oxygen atoms in total. The zero-order valence-corrected chi connectivity index (χ0v) is 33.9. The van der Waals surface area contributed by atoms with Crippen molar-refractivity contribution in [2.45, 2.75) is 125 Å². The van der Waals surface area contributed by atoms with Gasteiger partial charge in [0.15, 0.2) is 0 Å². The number of allylic oxidation sites excluding steroid dienone is 8. The fourth-order valence-electron chi connectivity index (χ4n) is 7.17. The monoisotopic (exact) mass is 730 g/mol. The topological polar surface area (TPSA) is 0 Å². The van der Waals surface area contributed by atoms with E-state index in [1.807, 2.05) is 0 Å². The van der Waals surface area contributed by atoms with Crippen molar-refractivity contribution >= 4 is 35.9 Å². The molecule has 4 aliphatic carbocycles. The Hall–Kier alpha value is -1.40. The van der Waals surface area contributed by atoms with Crippen LogP contribution >= 0.6 is 0 Å². The molecule has 3 heteroatoms. The second kappa shape index (κ2) is 15.0. The third-order valence-corrected chi connectivity index (χ3v) is 11.6. The molecular weight excluding hydrogens is 679 g/mol. The standard InChI is InChI=1S/C27H29.C10H15.C6H10.2ClH.Zr/c1-16-7-9-26(3,4)24-12-18-11-19-13-25-21(17(2)8-10-27(25,5)6)15-23(19)22(18)14-20(16)24;1-8-5-6-9(7-8)10(2,3)4;1-2-4-6-5-3-1;;;/h7-8,11-15H,9-10H2,1-6H3;6-8H,1-4H3;1-5H2;2*1H;/q2*-1;;;;+2/p-2. The summed E-state index contributed by atoms with van der Waals surface area (Å²) in [6, 6.07) is 12.3. The minimum atomic E-state index is 0. The summed E-state index contributed by atoms with van der Waals surface area (Å²) in [5.41, 5.74) is 10.9. The Morgan fingerprint density at radius 1 is 0.761 bits per heavy atom. The van der Waals surface area contributed by atoms with E-state index in [0.717, 1.165) is 12.8 Å². The third-order valence-electron chi connectivity index (χ3n) is 10.4. The van der Waals surface area contributed by atoms with Crippen molar-refractivity contribution in [3.63, 3.8) is 0 Å². The molecule has 0 aliphatic heterocycles. The Labute approximate surface area is 307 Å². The van der Waals surface area contributed by atoms with E-state index in [1.54, 1.807) is 27.4 Å². The van der Waals surface area contributed by atoms with Gasteiger partial charge in [-0.15, -0.1) is 39.7 Å². The van der Waals surface area contributed by atoms with Crippen molar-refractivity contribution in [1.29, 1.82) is 0 Å². The summed E-state index contributed by atoms with van der Waals surface area (Å²) in [5.74, 6) is 0.522. The molecule has 0 N–H and O–H groups in total. The maximum atomic E-state index is 3.26. The van der Waals surface area contributed by atoms with Crippen LogP contribution in [0.4, 0.5) is 0 Å². The Kier molecular flexibility index (Phi) is 12.7. The van der Waals surface area contributed by atoms with Gasteiger partial charge in [-0.2, -0.15) is 11.6 Å². The van der Waals surface area contributed by atoms with Gasteiger partial charge in [-0.1, -0.05) is 102 Å². The van der Waals surface area contributed by atoms with Crippen LogP contribution in [0, 0.1) is 17.4 Å². The number of hydrogen-bond acceptors (Lipinski definition) is 0. The molecule has 0 heterocycles. The number of hydrogen-bond donors (Lipinski definition) is 0. The Morgan fingerprint density at radius 3 is 1.54 bits per heavy atom. The van der Waals surface area contributed by atoms with Gasteiger partial charge in [0, 0.05) is 0 Å². The van der Waals surface area contributed by atoms with Gasteiger partial charge in [0.2, 0.25) is 0 Å². The summed E-state index contributed by atoms with van der Waals surface area (Å²) in [7, 11) is 0. The van der Waals surface area contributed by atoms with Crippen molar-refractivity contribution < 1.29 is 49.0 Å². The number of halogens is 2. The maximum absolute atomic E-state index is 3.26. The van der Waals surface area contributed by atoms with Crippen molar-refractivity contribution in [2.75, 3.05) is 0 Å². The van der Waals surface area contributed by atoms with Gasteiger partial charge in [-0.05, 0) is 59.8 Å². The van der Waals surface area contributed by atoms with Crippen LogP contribution in [0.5, 0.6) is 0 Å². The SMILES string of the molecule is CC1=CCC(C)(C)c2cc3[cH-]c4cc5c(cc4c3cc21)C(C)=CCC5(C)C.CC1[C-]=CC(C(C)(C)C)=C1.[Cl-].[Cl-].[Zr+2]=[C]1CCCCC1. The van der Waals surface area contributed by atoms with E-state index in [0.29, 0.717) is 11.3 Å². The molecule has 0 radical (unpaired) electrons. The minimum absolute atomic E-state index is 0. The first kappa shape index (κ1) is 39.0. The molecular formula is C43H54Cl2Zr-2. The average molecular weight is 733 g/mol. The zero-order valence-electron chi connectivity index (χ0n) is 30.0. The molecule has 1 unspecified atom stereocenters. The molecule has 0 saturated heterocycles. The van der Waals surface area contributed by atoms with Gasteiger partial charge < -0.3 is 24.8 Å². The molecule has 46 heavy (non-hydrogen) atoms. The van der Waals surface area contributed by atoms with Crippen molar-refractivity contribution in [3.8, 4) is 0 Å². The van der Waals surface area contributed by atoms with Gasteiger partial charge in [0.25, 0.3) is 0 Å². The van der Waals surface area contributed by atoms with E-state index in [1.165, 1.54) is 92.6 Å². The molecule has 0 bridgehead atoms. The Bertz CT molecular complexity index is 1610. The van der Waals surface area contributed by atoms with Crippen LogP contribution in [0.1, 0.15) is 136 Å². The van der Waals surface area contributed by atoms with E-state index >= 15 is 0 Å². The number of rotatable bonds is 0. The predicted molar refractivity (Wildman–Crippen MR) is 192 cm³/mol. The van der Waals surface area contributed by atoms with Crippen LogP contribution in [0.2, 0.25) is 0 Å². The van der Waals surface area contributed by atoms with Crippen LogP contribution in [0.25, 0.3) is 32.7 Å². The van der Waals surface area contributed by atoms with Crippen LogP contribution in [0.3, 0.4) is 0 Å². The third kappa shape index (κ3) is 8.42. The summed E-state index contributed by atoms with van der Waals surface area (Å²) in [6.45, 7) is 22.9. The summed E-state index contributed by atoms with van der Waals surface area (Å²) < 4.78 is 1.80. The predicted octanol–water partition coefficient (Wildman–Crippen LogP) is 6.53. The van der Waals surface area contributed by atoms with Gasteiger partial charge in [-0.3, -0.25) is 6.08 Å². The number of benzene rings is 2. The molecule has 1 saturated carbocycles. The van der Waals surface area contributed by atoms with Crippen LogP contribution in [0.15, 0.2) is 60.2 Å². The summed E-state index contributed by atoms with van der Waals surface area (Å²) >= 11 is 1.69. The molecule has 1 fully saturated rings. The molecule has 0 amide bonds. The van der Waals surface area contributed by atoms with Gasteiger partial charge in [0.05, 0.1) is 0 Å². The average Bonchev–Trinajstić information content (AvgIpc) is 3.56. The molecule has 0 aromatic heterocycles. The fraction of sp³-hybridized carbons (Fsp3) is 0.488. The number of fused-ring (bicyclic) bond motifs is 5. The molecule has 4 aliphatic rings. The first-order valence-electron chi connectivity index (χ1n) is 17.0. The molecule has 0 spiro atoms. The quantitative estimate of drug-likeness (QED) is 0.231. The van der Waals surface area contributed by atoms with Gasteiger partial charge in [0.1, 0.15) is 0 Å². The summed E-state index contributed by atoms with van der Waals surface area (Å²) in [4.78, 5) is 0. The Morgan fingerprint density at radius 2 is 1.22 bits per heavy atom. The zero-order chi connectivity index (χ0) is 32.0. The normalized spacial score (nSPS) is 20.8. The van der Waals surface area contributed by atoms with E-state index in [-0.39, 0.29) is 35.6 Å². The molecule has 3 aromatic rings. The van der Waals surface area contributed by atoms with E-state index in [4.69, 9.17) is 0 Å². The molecule has 1 atom stereocenters. The molecule has 3 aromatic carbocycles. The van der Waals surface area contributed by atoms with E-state index in [9.17, 15) is 0 Å². The molecule has 246 valence electrons. The van der Waals surface area contributed by atoms with Gasteiger partial charge in [-0.25, -0.2) is 6.08 Å². The fourth-order valence-corrected chi connectivity index (χ4v) is 8.04. The first-order chi connectivity index (χ1) is 20.6. The van der Waals surface area contributed by atoms with Crippen LogP contribution in [-0.4, -0.2) is 3.21 Å². The van der Waals surface area contributed by atoms with Gasteiger partial charge >= 0.3 is 59.5 Å². The van der Waals surface area contributed by atoms with Crippen molar-refractivity contribution in [2.24, 2.45) is 11.3 Å². The van der Waals surface area contributed by atoms with E-state index < -0.39 is 0 Å². The van der Waals surface area contributed by atoms with Crippen LogP contribution in [-0.2, 0) is 35.1 Å². The van der Waals surface area contributed by atoms with Crippen molar-refractivity contribution in [1.82, 2.24) is 0 Å². The molecule has 7 rings (SSSR count). The van der Waals surface area contributed by atoms with E-state index in [2.05, 4.69) is 130 Å². The second-order valence-electron chi connectivity index (χ2n) is 16.2. The second-order valence-corrected chi connectivity index (χ2v) is 17.9. The van der Waals surface area contributed by atoms with Crippen LogP contribution < -0.4 is 24.8 Å². The summed E-state index contributed by atoms with van der Waals surface area (Å²) in [6.07, 6.45) is 22.1. The summed E-state index contributed by atoms with van der Waals surface area (Å²) in [5, 5.41) is 5.61. The first-order valence-corrected chi connectivity index (χ1v) is 18.2.